The van der Waals surface area contributed by atoms with Crippen LogP contribution in [-0.2, 0) is 21.6 Å². The molecule has 9 heavy (non-hydrogen) atoms. The van der Waals surface area contributed by atoms with Gasteiger partial charge in [0.2, 0.25) is 0 Å². The summed E-state index contributed by atoms with van der Waals surface area (Å²) in [7, 11) is -3.68. The van der Waals surface area contributed by atoms with E-state index in [-0.39, 0.29) is 23.2 Å². The molecule has 0 atom stereocenters. The summed E-state index contributed by atoms with van der Waals surface area (Å²) in [5.74, 6) is 0. The normalized spacial score (nSPS) is 10.6. The van der Waals surface area contributed by atoms with Crippen molar-refractivity contribution in [2.45, 2.75) is 19.8 Å². The van der Waals surface area contributed by atoms with Crippen LogP contribution in [0.15, 0.2) is 0 Å². The van der Waals surface area contributed by atoms with Gasteiger partial charge in [0.05, 0.1) is 0 Å². The maximum absolute atomic E-state index is 10.1. The summed E-state index contributed by atoms with van der Waals surface area (Å²) < 4.78 is 10.1. The minimum absolute atomic E-state index is 0. The monoisotopic (exact) mass is 194 g/mol. The Morgan fingerprint density at radius 2 is 1.89 bits per heavy atom. The first-order valence-corrected chi connectivity index (χ1v) is 4.40. The van der Waals surface area contributed by atoms with Gasteiger partial charge in [-0.3, -0.25) is 4.57 Å². The predicted molar refractivity (Wildman–Crippen MR) is 31.8 cm³/mol. The summed E-state index contributed by atoms with van der Waals surface area (Å²) >= 11 is 0. The molecule has 0 aliphatic carbocycles. The van der Waals surface area contributed by atoms with Crippen molar-refractivity contribution >= 4 is 7.60 Å². The topological polar surface area (TPSA) is 57.5 Å². The van der Waals surface area contributed by atoms with E-state index in [1.807, 2.05) is 6.92 Å². The van der Waals surface area contributed by atoms with E-state index in [9.17, 15) is 4.57 Å². The average molecular weight is 194 g/mol. The molecule has 0 unspecified atom stereocenters. The maximum Gasteiger partial charge on any atom is 0.325 e. The van der Waals surface area contributed by atoms with Gasteiger partial charge in [-0.1, -0.05) is 13.3 Å². The molecular formula is C4H11FeO3P. The third kappa shape index (κ3) is 12.0. The predicted octanol–water partition coefficient (Wildman–Crippen LogP) is 0.962. The van der Waals surface area contributed by atoms with Crippen LogP contribution >= 0.6 is 7.60 Å². The molecule has 5 heteroatoms. The molecular weight excluding hydrogens is 183 g/mol. The van der Waals surface area contributed by atoms with Crippen molar-refractivity contribution in [1.82, 2.24) is 0 Å². The molecule has 2 N–H and O–H groups in total. The van der Waals surface area contributed by atoms with Crippen molar-refractivity contribution < 1.29 is 31.4 Å². The maximum atomic E-state index is 10.1. The van der Waals surface area contributed by atoms with Gasteiger partial charge in [-0.05, 0) is 6.42 Å². The summed E-state index contributed by atoms with van der Waals surface area (Å²) in [6.07, 6.45) is 1.49. The Morgan fingerprint density at radius 1 is 1.44 bits per heavy atom. The standard InChI is InChI=1S/C4H11O3P.Fe/c1-2-3-4-8(5,6)7;/h2-4H2,1H3,(H2,5,6,7);. The zero-order chi connectivity index (χ0) is 6.62. The molecule has 0 saturated carbocycles. The quantitative estimate of drug-likeness (QED) is 0.519. The van der Waals surface area contributed by atoms with E-state index in [4.69, 9.17) is 9.79 Å². The van der Waals surface area contributed by atoms with Crippen LogP contribution in [0.3, 0.4) is 0 Å². The van der Waals surface area contributed by atoms with E-state index in [0.717, 1.165) is 6.42 Å². The fraction of sp³-hybridized carbons (Fsp3) is 1.00. The van der Waals surface area contributed by atoms with Gasteiger partial charge in [-0.15, -0.1) is 0 Å². The van der Waals surface area contributed by atoms with Gasteiger partial charge < -0.3 is 9.79 Å². The molecule has 0 bridgehead atoms. The Labute approximate surface area is 65.5 Å². The van der Waals surface area contributed by atoms with Gasteiger partial charge in [-0.2, -0.15) is 0 Å². The van der Waals surface area contributed by atoms with E-state index < -0.39 is 7.60 Å². The number of hydrogen-bond acceptors (Lipinski definition) is 1. The van der Waals surface area contributed by atoms with Gasteiger partial charge in [0, 0.05) is 23.2 Å². The molecule has 0 rings (SSSR count). The van der Waals surface area contributed by atoms with E-state index in [2.05, 4.69) is 0 Å². The Bertz CT molecular complexity index is 100.0. The van der Waals surface area contributed by atoms with E-state index in [0.29, 0.717) is 6.42 Å². The Kier molecular flexibility index (Phi) is 7.49. The van der Waals surface area contributed by atoms with Crippen molar-refractivity contribution in [2.75, 3.05) is 6.16 Å². The second kappa shape index (κ2) is 5.45. The smallest absolute Gasteiger partial charge is 0.324 e. The molecule has 0 aromatic heterocycles. The van der Waals surface area contributed by atoms with E-state index >= 15 is 0 Å². The van der Waals surface area contributed by atoms with E-state index in [1.54, 1.807) is 0 Å². The van der Waals surface area contributed by atoms with Crippen molar-refractivity contribution in [3.63, 3.8) is 0 Å². The molecule has 0 amide bonds. The first-order valence-electron chi connectivity index (χ1n) is 2.61. The molecule has 0 saturated heterocycles. The molecule has 0 radical (unpaired) electrons. The third-order valence-electron chi connectivity index (χ3n) is 0.803. The zero-order valence-corrected chi connectivity index (χ0v) is 7.22. The third-order valence-corrected chi connectivity index (χ3v) is 1.70. The van der Waals surface area contributed by atoms with Crippen LogP contribution < -0.4 is 0 Å². The Hall–Kier alpha value is 0.669. The molecule has 0 heterocycles. The van der Waals surface area contributed by atoms with E-state index in [1.165, 1.54) is 0 Å². The van der Waals surface area contributed by atoms with Crippen LogP contribution in [0.5, 0.6) is 0 Å². The van der Waals surface area contributed by atoms with Gasteiger partial charge in [0.1, 0.15) is 0 Å². The van der Waals surface area contributed by atoms with Gasteiger partial charge in [0.15, 0.2) is 0 Å². The Balaban J connectivity index is 0. The minimum atomic E-state index is -3.68. The van der Waals surface area contributed by atoms with Gasteiger partial charge in [-0.25, -0.2) is 0 Å². The molecule has 0 spiro atoms. The number of rotatable bonds is 3. The molecule has 0 aromatic carbocycles. The molecule has 0 aliphatic rings. The summed E-state index contributed by atoms with van der Waals surface area (Å²) in [6.45, 7) is 1.90. The average Bonchev–Trinajstić information content (AvgIpc) is 1.59. The first-order chi connectivity index (χ1) is 3.56. The summed E-state index contributed by atoms with van der Waals surface area (Å²) in [6, 6.07) is 0. The minimum Gasteiger partial charge on any atom is -0.324 e. The van der Waals surface area contributed by atoms with Crippen molar-refractivity contribution in [2.24, 2.45) is 0 Å². The molecule has 0 fully saturated rings. The van der Waals surface area contributed by atoms with Gasteiger partial charge in [0.25, 0.3) is 0 Å². The van der Waals surface area contributed by atoms with Crippen LogP contribution in [0.25, 0.3) is 0 Å². The molecule has 58 valence electrons. The SMILES string of the molecule is CCCCP(=O)(O)O.[Fe]. The summed E-state index contributed by atoms with van der Waals surface area (Å²) in [4.78, 5) is 16.5. The molecule has 0 aromatic rings. The Morgan fingerprint density at radius 3 is 2.00 bits per heavy atom. The van der Waals surface area contributed by atoms with Gasteiger partial charge >= 0.3 is 7.60 Å². The molecule has 0 aliphatic heterocycles. The second-order valence-corrected chi connectivity index (χ2v) is 3.52. The second-order valence-electron chi connectivity index (χ2n) is 1.74. The first kappa shape index (κ1) is 12.4. The van der Waals surface area contributed by atoms with Crippen molar-refractivity contribution in [3.05, 3.63) is 0 Å². The number of hydrogen-bond donors (Lipinski definition) is 2. The van der Waals surface area contributed by atoms with Crippen LogP contribution in [0, 0.1) is 0 Å². The largest absolute Gasteiger partial charge is 0.325 e. The van der Waals surface area contributed by atoms with Crippen molar-refractivity contribution in [3.8, 4) is 0 Å². The fourth-order valence-corrected chi connectivity index (χ4v) is 1.09. The number of unbranched alkanes of at least 4 members (excludes halogenated alkanes) is 1. The summed E-state index contributed by atoms with van der Waals surface area (Å²) in [5.41, 5.74) is 0. The fourth-order valence-electron chi connectivity index (χ4n) is 0.364. The van der Waals surface area contributed by atoms with Crippen LogP contribution in [-0.4, -0.2) is 15.9 Å². The summed E-state index contributed by atoms with van der Waals surface area (Å²) in [5, 5.41) is 0. The zero-order valence-electron chi connectivity index (χ0n) is 5.22. The van der Waals surface area contributed by atoms with Crippen LogP contribution in [0.2, 0.25) is 0 Å². The van der Waals surface area contributed by atoms with Crippen LogP contribution in [0.1, 0.15) is 19.8 Å². The van der Waals surface area contributed by atoms with Crippen molar-refractivity contribution in [1.29, 1.82) is 0 Å². The molecule has 3 nitrogen and oxygen atoms in total. The van der Waals surface area contributed by atoms with Crippen LogP contribution in [0.4, 0.5) is 0 Å².